The van der Waals surface area contributed by atoms with Crippen LogP contribution in [0.3, 0.4) is 0 Å². The normalized spacial score (nSPS) is 11.3. The summed E-state index contributed by atoms with van der Waals surface area (Å²) < 4.78 is 0. The molecule has 4 aromatic carbocycles. The average Bonchev–Trinajstić information content (AvgIpc) is 3.16. The van der Waals surface area contributed by atoms with E-state index in [9.17, 15) is 0 Å². The molecular formula is C50H72N2. The van der Waals surface area contributed by atoms with Gasteiger partial charge in [-0.05, 0) is 133 Å². The highest BCUT2D eigenvalue weighted by Gasteiger charge is 2.07. The fourth-order valence-corrected chi connectivity index (χ4v) is 7.70. The van der Waals surface area contributed by atoms with Crippen molar-refractivity contribution in [3.63, 3.8) is 0 Å². The molecule has 0 aromatic heterocycles. The molecule has 0 aliphatic heterocycles. The van der Waals surface area contributed by atoms with Gasteiger partial charge in [-0.15, -0.1) is 0 Å². The Hall–Kier alpha value is -3.52. The molecule has 0 spiro atoms. The SMILES string of the molecule is CCCCc1cc(N)ccc1Cc1ccc(CCCCCCCCCCCCCCCCc2ccc(Cc3ccc(N)cc3CCCC)cc2)cc1. The Morgan fingerprint density at radius 1 is 0.308 bits per heavy atom. The highest BCUT2D eigenvalue weighted by atomic mass is 14.5. The van der Waals surface area contributed by atoms with Gasteiger partial charge in [0.15, 0.2) is 0 Å². The van der Waals surface area contributed by atoms with Gasteiger partial charge in [-0.3, -0.25) is 0 Å². The number of nitrogen functional groups attached to an aromatic ring is 2. The van der Waals surface area contributed by atoms with Crippen molar-refractivity contribution in [3.05, 3.63) is 129 Å². The zero-order valence-electron chi connectivity index (χ0n) is 33.2. The van der Waals surface area contributed by atoms with Crippen molar-refractivity contribution in [2.75, 3.05) is 11.5 Å². The molecule has 0 fully saturated rings. The fraction of sp³-hybridized carbons (Fsp3) is 0.520. The Balaban J connectivity index is 0.943. The van der Waals surface area contributed by atoms with Crippen LogP contribution in [0.2, 0.25) is 0 Å². The Labute approximate surface area is 319 Å². The summed E-state index contributed by atoms with van der Waals surface area (Å²) in [5, 5.41) is 0. The molecule has 2 heteroatoms. The van der Waals surface area contributed by atoms with Gasteiger partial charge in [-0.1, -0.05) is 164 Å². The summed E-state index contributed by atoms with van der Waals surface area (Å²) in [5.74, 6) is 0. The Kier molecular flexibility index (Phi) is 19.6. The summed E-state index contributed by atoms with van der Waals surface area (Å²) in [6.07, 6.45) is 31.1. The van der Waals surface area contributed by atoms with Gasteiger partial charge in [0.05, 0.1) is 0 Å². The van der Waals surface area contributed by atoms with E-state index in [1.54, 1.807) is 0 Å². The molecule has 0 bridgehead atoms. The highest BCUT2D eigenvalue weighted by molar-refractivity contribution is 5.47. The first kappa shape index (κ1) is 41.2. The second-order valence-corrected chi connectivity index (χ2v) is 15.7. The number of rotatable bonds is 27. The van der Waals surface area contributed by atoms with Crippen molar-refractivity contribution in [1.29, 1.82) is 0 Å². The zero-order chi connectivity index (χ0) is 36.6. The molecule has 0 saturated carbocycles. The van der Waals surface area contributed by atoms with Crippen molar-refractivity contribution in [3.8, 4) is 0 Å². The van der Waals surface area contributed by atoms with Crippen molar-refractivity contribution in [2.45, 2.75) is 168 Å². The lowest BCUT2D eigenvalue weighted by atomic mass is 9.95. The van der Waals surface area contributed by atoms with E-state index in [0.717, 1.165) is 37.1 Å². The van der Waals surface area contributed by atoms with E-state index in [2.05, 4.69) is 98.8 Å². The maximum atomic E-state index is 6.08. The molecule has 4 rings (SSSR count). The van der Waals surface area contributed by atoms with Gasteiger partial charge in [0, 0.05) is 11.4 Å². The number of benzene rings is 4. The third-order valence-corrected chi connectivity index (χ3v) is 11.1. The van der Waals surface area contributed by atoms with Gasteiger partial charge in [-0.2, -0.15) is 0 Å². The molecule has 0 atom stereocenters. The Morgan fingerprint density at radius 2 is 0.615 bits per heavy atom. The van der Waals surface area contributed by atoms with Crippen LogP contribution in [0.15, 0.2) is 84.9 Å². The van der Waals surface area contributed by atoms with Crippen LogP contribution in [0.1, 0.15) is 174 Å². The smallest absolute Gasteiger partial charge is 0.0316 e. The third-order valence-electron chi connectivity index (χ3n) is 11.1. The summed E-state index contributed by atoms with van der Waals surface area (Å²) in [6, 6.07) is 31.7. The number of anilines is 2. The molecule has 4 aromatic rings. The molecule has 0 unspecified atom stereocenters. The molecule has 0 aliphatic rings. The maximum Gasteiger partial charge on any atom is 0.0316 e. The molecule has 0 saturated heterocycles. The topological polar surface area (TPSA) is 52.0 Å². The summed E-state index contributed by atoms with van der Waals surface area (Å²) >= 11 is 0. The average molecular weight is 701 g/mol. The van der Waals surface area contributed by atoms with E-state index in [0.29, 0.717) is 0 Å². The van der Waals surface area contributed by atoms with Crippen LogP contribution < -0.4 is 11.5 Å². The lowest BCUT2D eigenvalue weighted by Gasteiger charge is -2.11. The Bertz CT molecular complexity index is 1400. The van der Waals surface area contributed by atoms with E-state index in [1.807, 2.05) is 0 Å². The lowest BCUT2D eigenvalue weighted by molar-refractivity contribution is 0.533. The van der Waals surface area contributed by atoms with E-state index in [4.69, 9.17) is 11.5 Å². The highest BCUT2D eigenvalue weighted by Crippen LogP contribution is 2.23. The largest absolute Gasteiger partial charge is 0.399 e. The van der Waals surface area contributed by atoms with Gasteiger partial charge in [-0.25, -0.2) is 0 Å². The minimum Gasteiger partial charge on any atom is -0.399 e. The fourth-order valence-electron chi connectivity index (χ4n) is 7.70. The third kappa shape index (κ3) is 16.0. The van der Waals surface area contributed by atoms with Crippen LogP contribution in [-0.4, -0.2) is 0 Å². The van der Waals surface area contributed by atoms with Gasteiger partial charge >= 0.3 is 0 Å². The predicted molar refractivity (Wildman–Crippen MR) is 229 cm³/mol. The molecule has 0 radical (unpaired) electrons. The van der Waals surface area contributed by atoms with Gasteiger partial charge < -0.3 is 11.5 Å². The van der Waals surface area contributed by atoms with Crippen LogP contribution in [-0.2, 0) is 38.5 Å². The minimum absolute atomic E-state index is 0.884. The summed E-state index contributed by atoms with van der Waals surface area (Å²) in [4.78, 5) is 0. The molecule has 4 N–H and O–H groups in total. The standard InChI is InChI=1S/C50H72N2/c1-3-5-23-45-39-49(51)35-33-47(45)37-43-29-25-41(26-30-43)21-19-17-15-13-11-9-7-8-10-12-14-16-18-20-22-42-27-31-44(32-28-42)38-48-34-36-50(52)40-46(48)24-6-4-2/h25-36,39-40H,3-24,37-38,51-52H2,1-2H3. The zero-order valence-corrected chi connectivity index (χ0v) is 33.2. The second kappa shape index (κ2) is 24.7. The molecule has 0 amide bonds. The monoisotopic (exact) mass is 701 g/mol. The maximum absolute atomic E-state index is 6.08. The summed E-state index contributed by atoms with van der Waals surface area (Å²) in [6.45, 7) is 4.51. The number of unbranched alkanes of at least 4 members (excludes halogenated alkanes) is 15. The number of aryl methyl sites for hydroxylation is 4. The van der Waals surface area contributed by atoms with Crippen LogP contribution in [0.25, 0.3) is 0 Å². The first-order valence-electron chi connectivity index (χ1n) is 21.4. The van der Waals surface area contributed by atoms with E-state index < -0.39 is 0 Å². The Morgan fingerprint density at radius 3 is 0.942 bits per heavy atom. The molecule has 52 heavy (non-hydrogen) atoms. The van der Waals surface area contributed by atoms with E-state index in [1.165, 1.54) is 173 Å². The lowest BCUT2D eigenvalue weighted by Crippen LogP contribution is -1.98. The first-order chi connectivity index (χ1) is 25.5. The van der Waals surface area contributed by atoms with E-state index >= 15 is 0 Å². The predicted octanol–water partition coefficient (Wildman–Crippen LogP) is 14.0. The van der Waals surface area contributed by atoms with Gasteiger partial charge in [0.2, 0.25) is 0 Å². The molecule has 2 nitrogen and oxygen atoms in total. The number of nitrogens with two attached hydrogens (primary N) is 2. The van der Waals surface area contributed by atoms with Crippen molar-refractivity contribution >= 4 is 11.4 Å². The molecule has 282 valence electrons. The molecule has 0 heterocycles. The minimum atomic E-state index is 0.884. The molecule has 0 aliphatic carbocycles. The number of hydrogen-bond acceptors (Lipinski definition) is 2. The second-order valence-electron chi connectivity index (χ2n) is 15.7. The van der Waals surface area contributed by atoms with E-state index in [-0.39, 0.29) is 0 Å². The quantitative estimate of drug-likeness (QED) is 0.0480. The summed E-state index contributed by atoms with van der Waals surface area (Å²) in [7, 11) is 0. The van der Waals surface area contributed by atoms with Crippen molar-refractivity contribution < 1.29 is 0 Å². The van der Waals surface area contributed by atoms with Crippen molar-refractivity contribution in [2.24, 2.45) is 0 Å². The van der Waals surface area contributed by atoms with Crippen LogP contribution in [0.5, 0.6) is 0 Å². The van der Waals surface area contributed by atoms with Gasteiger partial charge in [0.1, 0.15) is 0 Å². The van der Waals surface area contributed by atoms with Crippen LogP contribution >= 0.6 is 0 Å². The first-order valence-corrected chi connectivity index (χ1v) is 21.4. The van der Waals surface area contributed by atoms with Crippen LogP contribution in [0, 0.1) is 0 Å². The number of hydrogen-bond donors (Lipinski definition) is 2. The summed E-state index contributed by atoms with van der Waals surface area (Å²) in [5.41, 5.74) is 25.4. The van der Waals surface area contributed by atoms with Gasteiger partial charge in [0.25, 0.3) is 0 Å². The van der Waals surface area contributed by atoms with Crippen molar-refractivity contribution in [1.82, 2.24) is 0 Å². The molecular weight excluding hydrogens is 629 g/mol. The van der Waals surface area contributed by atoms with Crippen LogP contribution in [0.4, 0.5) is 11.4 Å².